The van der Waals surface area contributed by atoms with Gasteiger partial charge in [-0.2, -0.15) is 0 Å². The van der Waals surface area contributed by atoms with Gasteiger partial charge in [0.1, 0.15) is 0 Å². The largest absolute Gasteiger partial charge is 0.330 e. The molecule has 0 saturated heterocycles. The molecule has 0 aromatic heterocycles. The van der Waals surface area contributed by atoms with Crippen molar-refractivity contribution in [2.45, 2.75) is 32.6 Å². The van der Waals surface area contributed by atoms with E-state index in [0.29, 0.717) is 17.8 Å². The Kier molecular flexibility index (Phi) is 4.90. The van der Waals surface area contributed by atoms with E-state index in [-0.39, 0.29) is 23.4 Å². The lowest BCUT2D eigenvalue weighted by Crippen LogP contribution is -2.35. The van der Waals surface area contributed by atoms with Crippen molar-refractivity contribution in [3.8, 4) is 0 Å². The van der Waals surface area contributed by atoms with Crippen LogP contribution < -0.4 is 11.1 Å². The summed E-state index contributed by atoms with van der Waals surface area (Å²) in [4.78, 5) is 22.7. The minimum atomic E-state index is -0.424. The Balaban J connectivity index is 2.08. The first kappa shape index (κ1) is 15.4. The van der Waals surface area contributed by atoms with Crippen LogP contribution in [0.1, 0.15) is 31.2 Å². The van der Waals surface area contributed by atoms with Crippen molar-refractivity contribution in [2.24, 2.45) is 17.6 Å². The number of hydrogen-bond donors (Lipinski definition) is 2. The molecule has 0 aliphatic heterocycles. The smallest absolute Gasteiger partial charge is 0.272 e. The number of nitro benzene ring substituents is 1. The van der Waals surface area contributed by atoms with E-state index in [4.69, 9.17) is 5.73 Å². The summed E-state index contributed by atoms with van der Waals surface area (Å²) in [7, 11) is 0. The van der Waals surface area contributed by atoms with Crippen LogP contribution in [0.5, 0.6) is 0 Å². The van der Waals surface area contributed by atoms with Crippen LogP contribution in [0.15, 0.2) is 18.2 Å². The molecule has 1 aromatic carbocycles. The predicted octanol–water partition coefficient (Wildman–Crippen LogP) is 2.61. The summed E-state index contributed by atoms with van der Waals surface area (Å²) >= 11 is 0. The molecule has 1 amide bonds. The number of rotatable bonds is 4. The van der Waals surface area contributed by atoms with Gasteiger partial charge in [-0.3, -0.25) is 14.9 Å². The molecule has 1 fully saturated rings. The Bertz CT molecular complexity index is 545. The molecule has 3 N–H and O–H groups in total. The van der Waals surface area contributed by atoms with E-state index in [1.807, 2.05) is 0 Å². The van der Waals surface area contributed by atoms with Crippen LogP contribution in [0.25, 0.3) is 0 Å². The fourth-order valence-corrected chi connectivity index (χ4v) is 3.01. The van der Waals surface area contributed by atoms with Crippen molar-refractivity contribution in [1.82, 2.24) is 0 Å². The van der Waals surface area contributed by atoms with Crippen LogP contribution in [-0.2, 0) is 4.79 Å². The maximum Gasteiger partial charge on any atom is 0.272 e. The van der Waals surface area contributed by atoms with Gasteiger partial charge in [0.15, 0.2) is 0 Å². The Hall–Kier alpha value is -1.95. The third-order valence-electron chi connectivity index (χ3n) is 4.21. The van der Waals surface area contributed by atoms with E-state index >= 15 is 0 Å². The molecule has 0 spiro atoms. The topological polar surface area (TPSA) is 98.3 Å². The van der Waals surface area contributed by atoms with E-state index in [1.165, 1.54) is 6.07 Å². The molecular formula is C15H21N3O3. The Morgan fingerprint density at radius 1 is 1.43 bits per heavy atom. The number of amides is 1. The van der Waals surface area contributed by atoms with Gasteiger partial charge in [-0.1, -0.05) is 12.8 Å². The summed E-state index contributed by atoms with van der Waals surface area (Å²) in [6.07, 6.45) is 4.03. The monoisotopic (exact) mass is 291 g/mol. The second-order valence-electron chi connectivity index (χ2n) is 5.63. The standard InChI is InChI=1S/C15H21N3O3/c1-10-8-12(6-7-14(10)18(20)21)17-15(19)13-5-3-2-4-11(13)9-16/h6-8,11,13H,2-5,9,16H2,1H3,(H,17,19). The van der Waals surface area contributed by atoms with Crippen LogP contribution in [0.2, 0.25) is 0 Å². The second kappa shape index (κ2) is 6.67. The van der Waals surface area contributed by atoms with Crippen LogP contribution >= 0.6 is 0 Å². The van der Waals surface area contributed by atoms with Gasteiger partial charge in [0.25, 0.3) is 5.69 Å². The van der Waals surface area contributed by atoms with Crippen LogP contribution in [0.3, 0.4) is 0 Å². The number of nitro groups is 1. The van der Waals surface area contributed by atoms with Gasteiger partial charge in [0.2, 0.25) is 5.91 Å². The molecule has 21 heavy (non-hydrogen) atoms. The van der Waals surface area contributed by atoms with Crippen molar-refractivity contribution < 1.29 is 9.72 Å². The summed E-state index contributed by atoms with van der Waals surface area (Å²) in [5.74, 6) is 0.149. The highest BCUT2D eigenvalue weighted by Gasteiger charge is 2.30. The number of hydrogen-bond acceptors (Lipinski definition) is 4. The molecule has 2 atom stereocenters. The average molecular weight is 291 g/mol. The lowest BCUT2D eigenvalue weighted by Gasteiger charge is -2.29. The highest BCUT2D eigenvalue weighted by atomic mass is 16.6. The molecular weight excluding hydrogens is 270 g/mol. The molecule has 1 aliphatic carbocycles. The average Bonchev–Trinajstić information content (AvgIpc) is 2.46. The zero-order valence-corrected chi connectivity index (χ0v) is 12.2. The third kappa shape index (κ3) is 3.58. The molecule has 0 bridgehead atoms. The number of anilines is 1. The maximum absolute atomic E-state index is 12.4. The van der Waals surface area contributed by atoms with Gasteiger partial charge in [-0.25, -0.2) is 0 Å². The van der Waals surface area contributed by atoms with Crippen molar-refractivity contribution >= 4 is 17.3 Å². The second-order valence-corrected chi connectivity index (χ2v) is 5.63. The summed E-state index contributed by atoms with van der Waals surface area (Å²) < 4.78 is 0. The van der Waals surface area contributed by atoms with Crippen LogP contribution in [-0.4, -0.2) is 17.4 Å². The van der Waals surface area contributed by atoms with Gasteiger partial charge >= 0.3 is 0 Å². The van der Waals surface area contributed by atoms with Gasteiger partial charge in [-0.05, 0) is 44.4 Å². The van der Waals surface area contributed by atoms with Gasteiger partial charge in [0, 0.05) is 23.2 Å². The van der Waals surface area contributed by atoms with Gasteiger partial charge in [-0.15, -0.1) is 0 Å². The van der Waals surface area contributed by atoms with E-state index in [2.05, 4.69) is 5.32 Å². The molecule has 1 aliphatic rings. The quantitative estimate of drug-likeness (QED) is 0.658. The molecule has 114 valence electrons. The first-order valence-electron chi connectivity index (χ1n) is 7.29. The minimum absolute atomic E-state index is 0.0293. The highest BCUT2D eigenvalue weighted by Crippen LogP contribution is 2.30. The zero-order valence-electron chi connectivity index (χ0n) is 12.2. The maximum atomic E-state index is 12.4. The first-order valence-corrected chi connectivity index (χ1v) is 7.29. The first-order chi connectivity index (χ1) is 10.0. The highest BCUT2D eigenvalue weighted by molar-refractivity contribution is 5.93. The Morgan fingerprint density at radius 3 is 2.76 bits per heavy atom. The molecule has 1 saturated carbocycles. The van der Waals surface area contributed by atoms with Crippen molar-refractivity contribution in [2.75, 3.05) is 11.9 Å². The lowest BCUT2D eigenvalue weighted by atomic mass is 9.78. The predicted molar refractivity (Wildman–Crippen MR) is 81.0 cm³/mol. The molecule has 0 heterocycles. The molecule has 2 rings (SSSR count). The zero-order chi connectivity index (χ0) is 15.4. The fourth-order valence-electron chi connectivity index (χ4n) is 3.01. The summed E-state index contributed by atoms with van der Waals surface area (Å²) in [6, 6.07) is 4.63. The lowest BCUT2D eigenvalue weighted by molar-refractivity contribution is -0.385. The van der Waals surface area contributed by atoms with Crippen LogP contribution in [0, 0.1) is 28.9 Å². The number of carbonyl (C=O) groups excluding carboxylic acids is 1. The number of nitrogens with two attached hydrogens (primary N) is 1. The fraction of sp³-hybridized carbons (Fsp3) is 0.533. The van der Waals surface area contributed by atoms with E-state index < -0.39 is 4.92 Å². The van der Waals surface area contributed by atoms with E-state index in [0.717, 1.165) is 25.7 Å². The van der Waals surface area contributed by atoms with Crippen molar-refractivity contribution in [3.63, 3.8) is 0 Å². The number of nitrogens with one attached hydrogen (secondary N) is 1. The SMILES string of the molecule is Cc1cc(NC(=O)C2CCCCC2CN)ccc1[N+](=O)[O-]. The van der Waals surface area contributed by atoms with E-state index in [9.17, 15) is 14.9 Å². The number of aryl methyl sites for hydroxylation is 1. The van der Waals surface area contributed by atoms with Crippen LogP contribution in [0.4, 0.5) is 11.4 Å². The Labute approximate surface area is 123 Å². The normalized spacial score (nSPS) is 21.8. The summed E-state index contributed by atoms with van der Waals surface area (Å²) in [6.45, 7) is 2.19. The summed E-state index contributed by atoms with van der Waals surface area (Å²) in [5.41, 5.74) is 6.95. The minimum Gasteiger partial charge on any atom is -0.330 e. The third-order valence-corrected chi connectivity index (χ3v) is 4.21. The number of carbonyl (C=O) groups is 1. The van der Waals surface area contributed by atoms with Crippen molar-refractivity contribution in [1.29, 1.82) is 0 Å². The Morgan fingerprint density at radius 2 is 2.14 bits per heavy atom. The van der Waals surface area contributed by atoms with Gasteiger partial charge in [0.05, 0.1) is 4.92 Å². The molecule has 2 unspecified atom stereocenters. The molecule has 6 nitrogen and oxygen atoms in total. The van der Waals surface area contributed by atoms with E-state index in [1.54, 1.807) is 19.1 Å². The molecule has 1 aromatic rings. The van der Waals surface area contributed by atoms with Crippen molar-refractivity contribution in [3.05, 3.63) is 33.9 Å². The number of benzene rings is 1. The summed E-state index contributed by atoms with van der Waals surface area (Å²) in [5, 5.41) is 13.7. The number of nitrogens with zero attached hydrogens (tertiary/aromatic N) is 1. The molecule has 6 heteroatoms. The molecule has 0 radical (unpaired) electrons. The van der Waals surface area contributed by atoms with Gasteiger partial charge < -0.3 is 11.1 Å².